The highest BCUT2D eigenvalue weighted by molar-refractivity contribution is 5.76. The molecule has 0 N–H and O–H groups in total. The second-order valence-corrected chi connectivity index (χ2v) is 4.53. The minimum absolute atomic E-state index is 0.0241. The molecule has 0 bridgehead atoms. The zero-order valence-corrected chi connectivity index (χ0v) is 11.8. The smallest absolute Gasteiger partial charge is 0.164 e. The van der Waals surface area contributed by atoms with Crippen molar-refractivity contribution < 1.29 is 14.3 Å². The molecule has 0 fully saturated rings. The van der Waals surface area contributed by atoms with Crippen molar-refractivity contribution in [1.29, 1.82) is 0 Å². The molecule has 1 heterocycles. The van der Waals surface area contributed by atoms with Crippen LogP contribution in [0.1, 0.15) is 12.7 Å². The van der Waals surface area contributed by atoms with Crippen LogP contribution in [-0.2, 0) is 27.4 Å². The third-order valence-electron chi connectivity index (χ3n) is 2.18. The minimum Gasteiger partial charge on any atom is -0.377 e. The summed E-state index contributed by atoms with van der Waals surface area (Å²) in [4.78, 5) is 16.8. The van der Waals surface area contributed by atoms with E-state index in [-0.39, 0.29) is 12.4 Å². The van der Waals surface area contributed by atoms with E-state index in [0.717, 1.165) is 12.4 Å². The summed E-state index contributed by atoms with van der Waals surface area (Å²) in [5.74, 6) is 0.825. The van der Waals surface area contributed by atoms with Crippen molar-refractivity contribution in [2.24, 2.45) is 0 Å². The lowest BCUT2D eigenvalue weighted by molar-refractivity contribution is -0.121. The van der Waals surface area contributed by atoms with Crippen molar-refractivity contribution in [3.05, 3.63) is 12.2 Å². The second-order valence-electron chi connectivity index (χ2n) is 4.53. The molecule has 0 radical (unpaired) electrons. The first-order valence-electron chi connectivity index (χ1n) is 6.26. The molecule has 0 amide bonds. The zero-order chi connectivity index (χ0) is 14.1. The molecule has 0 aliphatic rings. The highest BCUT2D eigenvalue weighted by atomic mass is 16.5. The fourth-order valence-electron chi connectivity index (χ4n) is 1.39. The van der Waals surface area contributed by atoms with E-state index in [1.165, 1.54) is 6.92 Å². The summed E-state index contributed by atoms with van der Waals surface area (Å²) in [5.41, 5.74) is 0. The summed E-state index contributed by atoms with van der Waals surface area (Å²) < 4.78 is 12.2. The predicted octanol–water partition coefficient (Wildman–Crippen LogP) is -0.0381. The monoisotopic (exact) mass is 270 g/mol. The molecule has 1 aromatic heterocycles. The number of Topliss-reactive ketones (excluding diaryl/α,β-unsaturated/α-hetero) is 1. The van der Waals surface area contributed by atoms with Gasteiger partial charge in [0.05, 0.1) is 32.9 Å². The first-order valence-corrected chi connectivity index (χ1v) is 6.26. The van der Waals surface area contributed by atoms with Crippen molar-refractivity contribution in [3.8, 4) is 0 Å². The van der Waals surface area contributed by atoms with Gasteiger partial charge in [-0.05, 0) is 21.0 Å². The minimum atomic E-state index is 0.0241. The Balaban J connectivity index is 2.06. The number of carbonyl (C=O) groups excluding carboxylic acids is 1. The number of rotatable bonds is 10. The molecule has 1 rings (SSSR count). The fraction of sp³-hybridized carbons (Fsp3) is 0.750. The quantitative estimate of drug-likeness (QED) is 0.556. The molecule has 19 heavy (non-hydrogen) atoms. The normalized spacial score (nSPS) is 11.2. The van der Waals surface area contributed by atoms with Gasteiger partial charge in [-0.2, -0.15) is 5.10 Å². The largest absolute Gasteiger partial charge is 0.377 e. The zero-order valence-electron chi connectivity index (χ0n) is 11.8. The molecule has 0 unspecified atom stereocenters. The molecule has 0 aliphatic heterocycles. The Kier molecular flexibility index (Phi) is 7.24. The third-order valence-corrected chi connectivity index (χ3v) is 2.18. The Bertz CT molecular complexity index is 379. The number of aromatic nitrogens is 3. The van der Waals surface area contributed by atoms with E-state index in [1.807, 2.05) is 19.0 Å². The van der Waals surface area contributed by atoms with Crippen LogP contribution in [0.15, 0.2) is 6.33 Å². The van der Waals surface area contributed by atoms with Gasteiger partial charge >= 0.3 is 0 Å². The maximum absolute atomic E-state index is 10.6. The Morgan fingerprint density at radius 3 is 2.74 bits per heavy atom. The van der Waals surface area contributed by atoms with E-state index in [2.05, 4.69) is 10.1 Å². The van der Waals surface area contributed by atoms with Gasteiger partial charge in [-0.3, -0.25) is 9.48 Å². The van der Waals surface area contributed by atoms with Gasteiger partial charge in [0.2, 0.25) is 0 Å². The van der Waals surface area contributed by atoms with Crippen LogP contribution in [0.25, 0.3) is 0 Å². The molecule has 7 nitrogen and oxygen atoms in total. The van der Waals surface area contributed by atoms with Crippen LogP contribution in [0.2, 0.25) is 0 Å². The molecular weight excluding hydrogens is 248 g/mol. The van der Waals surface area contributed by atoms with Crippen molar-refractivity contribution in [2.75, 3.05) is 40.5 Å². The average Bonchev–Trinajstić information content (AvgIpc) is 2.74. The molecule has 108 valence electrons. The lowest BCUT2D eigenvalue weighted by Crippen LogP contribution is -2.14. The van der Waals surface area contributed by atoms with Crippen molar-refractivity contribution >= 4 is 5.78 Å². The highest BCUT2D eigenvalue weighted by Crippen LogP contribution is 1.93. The van der Waals surface area contributed by atoms with Gasteiger partial charge in [-0.15, -0.1) is 0 Å². The van der Waals surface area contributed by atoms with E-state index in [0.29, 0.717) is 26.4 Å². The molecule has 0 aromatic carbocycles. The summed E-state index contributed by atoms with van der Waals surface area (Å²) >= 11 is 0. The van der Waals surface area contributed by atoms with Gasteiger partial charge in [-0.25, -0.2) is 4.98 Å². The molecule has 1 aromatic rings. The van der Waals surface area contributed by atoms with Crippen molar-refractivity contribution in [1.82, 2.24) is 19.7 Å². The van der Waals surface area contributed by atoms with Gasteiger partial charge in [0.15, 0.2) is 11.6 Å². The fourth-order valence-corrected chi connectivity index (χ4v) is 1.39. The van der Waals surface area contributed by atoms with Gasteiger partial charge < -0.3 is 14.4 Å². The van der Waals surface area contributed by atoms with Gasteiger partial charge in [0.1, 0.15) is 12.9 Å². The molecule has 0 saturated carbocycles. The van der Waals surface area contributed by atoms with Crippen LogP contribution in [0.4, 0.5) is 0 Å². The van der Waals surface area contributed by atoms with Gasteiger partial charge in [0, 0.05) is 0 Å². The van der Waals surface area contributed by atoms with Crippen molar-refractivity contribution in [3.63, 3.8) is 0 Å². The Morgan fingerprint density at radius 1 is 1.32 bits per heavy atom. The molecular formula is C12H22N4O3. The molecule has 0 spiro atoms. The third kappa shape index (κ3) is 7.66. The lowest BCUT2D eigenvalue weighted by Gasteiger charge is -2.05. The number of carbonyl (C=O) groups is 1. The molecule has 0 atom stereocenters. The van der Waals surface area contributed by atoms with E-state index in [9.17, 15) is 4.79 Å². The van der Waals surface area contributed by atoms with Crippen LogP contribution in [-0.4, -0.2) is 66.0 Å². The summed E-state index contributed by atoms with van der Waals surface area (Å²) in [6.07, 6.45) is 1.70. The van der Waals surface area contributed by atoms with Gasteiger partial charge in [-0.1, -0.05) is 0 Å². The van der Waals surface area contributed by atoms with Gasteiger partial charge in [0.25, 0.3) is 0 Å². The molecule has 0 saturated heterocycles. The van der Waals surface area contributed by atoms with E-state index in [1.54, 1.807) is 11.0 Å². The standard InChI is InChI=1S/C12H22N4O3/c1-11(17)9-19-7-6-18-5-4-16-10-13-12(14-16)8-15(2)3/h10H,4-9H2,1-3H3. The summed E-state index contributed by atoms with van der Waals surface area (Å²) in [6.45, 7) is 4.50. The maximum atomic E-state index is 10.6. The Hall–Kier alpha value is -1.31. The number of hydrogen-bond acceptors (Lipinski definition) is 6. The first kappa shape index (κ1) is 15.7. The maximum Gasteiger partial charge on any atom is 0.164 e. The number of ketones is 1. The molecule has 7 heteroatoms. The summed E-state index contributed by atoms with van der Waals surface area (Å²) in [5, 5.41) is 4.32. The Morgan fingerprint density at radius 2 is 2.05 bits per heavy atom. The van der Waals surface area contributed by atoms with Crippen LogP contribution < -0.4 is 0 Å². The van der Waals surface area contributed by atoms with Crippen LogP contribution in [0, 0.1) is 0 Å². The average molecular weight is 270 g/mol. The number of ether oxygens (including phenoxy) is 2. The predicted molar refractivity (Wildman–Crippen MR) is 69.7 cm³/mol. The second kappa shape index (κ2) is 8.73. The number of nitrogens with zero attached hydrogens (tertiary/aromatic N) is 4. The van der Waals surface area contributed by atoms with Crippen LogP contribution >= 0.6 is 0 Å². The topological polar surface area (TPSA) is 69.5 Å². The summed E-state index contributed by atoms with van der Waals surface area (Å²) in [7, 11) is 3.95. The van der Waals surface area contributed by atoms with E-state index in [4.69, 9.17) is 9.47 Å². The highest BCUT2D eigenvalue weighted by Gasteiger charge is 2.01. The SMILES string of the molecule is CC(=O)COCCOCCn1cnc(CN(C)C)n1. The summed E-state index contributed by atoms with van der Waals surface area (Å²) in [6, 6.07) is 0. The van der Waals surface area contributed by atoms with Crippen LogP contribution in [0.5, 0.6) is 0 Å². The molecule has 0 aliphatic carbocycles. The van der Waals surface area contributed by atoms with E-state index < -0.39 is 0 Å². The number of hydrogen-bond donors (Lipinski definition) is 0. The first-order chi connectivity index (χ1) is 9.08. The lowest BCUT2D eigenvalue weighted by atomic mass is 10.5. The Labute approximate surface area is 113 Å². The van der Waals surface area contributed by atoms with E-state index >= 15 is 0 Å². The van der Waals surface area contributed by atoms with Crippen molar-refractivity contribution in [2.45, 2.75) is 20.0 Å². The van der Waals surface area contributed by atoms with Crippen LogP contribution in [0.3, 0.4) is 0 Å².